The monoisotopic (exact) mass is 696 g/mol. The van der Waals surface area contributed by atoms with Gasteiger partial charge in [0.25, 0.3) is 0 Å². The number of carbonyl (C=O) groups excluding carboxylic acids is 4. The van der Waals surface area contributed by atoms with Gasteiger partial charge in [-0.1, -0.05) is 79.7 Å². The highest BCUT2D eigenvalue weighted by atomic mass is 32.1. The Morgan fingerprint density at radius 3 is 2.34 bits per heavy atom. The van der Waals surface area contributed by atoms with Crippen molar-refractivity contribution in [2.45, 2.75) is 64.1 Å². The number of nitrogens with one attached hydrogen (secondary N) is 1. The molecule has 0 saturated carbocycles. The van der Waals surface area contributed by atoms with Crippen LogP contribution in [0.2, 0.25) is 0 Å². The number of aromatic nitrogens is 1. The minimum Gasteiger partial charge on any atom is -0.445 e. The molecule has 2 amide bonds. The fourth-order valence-electron chi connectivity index (χ4n) is 6.39. The Morgan fingerprint density at radius 1 is 0.960 bits per heavy atom. The Balaban J connectivity index is 1.32. The predicted octanol–water partition coefficient (Wildman–Crippen LogP) is 5.27. The number of Topliss-reactive ketones (excluding diaryl/α,β-unsaturated/α-hetero) is 2. The van der Waals surface area contributed by atoms with E-state index >= 15 is 0 Å². The molecule has 0 radical (unpaired) electrons. The average Bonchev–Trinajstić information content (AvgIpc) is 3.74. The van der Waals surface area contributed by atoms with E-state index in [9.17, 15) is 19.2 Å². The van der Waals surface area contributed by atoms with Gasteiger partial charge < -0.3 is 26.4 Å². The summed E-state index contributed by atoms with van der Waals surface area (Å²) in [4.78, 5) is 65.5. The van der Waals surface area contributed by atoms with Gasteiger partial charge in [-0.3, -0.25) is 19.4 Å². The zero-order valence-electron chi connectivity index (χ0n) is 28.2. The number of ether oxygens (including phenoxy) is 1. The first-order chi connectivity index (χ1) is 24.2. The van der Waals surface area contributed by atoms with Crippen molar-refractivity contribution in [3.05, 3.63) is 101 Å². The van der Waals surface area contributed by atoms with Gasteiger partial charge in [0, 0.05) is 25.4 Å². The quantitative estimate of drug-likeness (QED) is 0.0616. The number of alkyl carbamates (subject to hydrolysis) is 1. The van der Waals surface area contributed by atoms with Crippen LogP contribution in [-0.2, 0) is 27.4 Å². The van der Waals surface area contributed by atoms with Crippen LogP contribution in [0, 0.1) is 11.8 Å². The van der Waals surface area contributed by atoms with Crippen LogP contribution < -0.4 is 16.8 Å². The van der Waals surface area contributed by atoms with E-state index in [1.165, 1.54) is 11.3 Å². The number of hydrogen-bond donors (Lipinski definition) is 3. The summed E-state index contributed by atoms with van der Waals surface area (Å²) in [6.07, 6.45) is 1.57. The van der Waals surface area contributed by atoms with E-state index in [-0.39, 0.29) is 42.4 Å². The molecule has 3 aromatic carbocycles. The summed E-state index contributed by atoms with van der Waals surface area (Å²) in [5, 5.41) is 3.13. The van der Waals surface area contributed by atoms with E-state index in [1.54, 1.807) is 4.90 Å². The lowest BCUT2D eigenvalue weighted by molar-refractivity contribution is -0.140. The van der Waals surface area contributed by atoms with Crippen LogP contribution in [0.5, 0.6) is 0 Å². The van der Waals surface area contributed by atoms with Crippen LogP contribution >= 0.6 is 11.3 Å². The number of aliphatic imine (C=N–C) groups is 1. The molecule has 0 aliphatic carbocycles. The summed E-state index contributed by atoms with van der Waals surface area (Å²) in [7, 11) is 0. The number of fused-ring (bicyclic) bond motifs is 1. The molecule has 1 aliphatic heterocycles. The van der Waals surface area contributed by atoms with Crippen molar-refractivity contribution < 1.29 is 23.9 Å². The Morgan fingerprint density at radius 2 is 1.64 bits per heavy atom. The summed E-state index contributed by atoms with van der Waals surface area (Å²) in [6.45, 7) is 2.68. The minimum atomic E-state index is -0.918. The fourth-order valence-corrected chi connectivity index (χ4v) is 7.38. The number of benzene rings is 3. The molecule has 50 heavy (non-hydrogen) atoms. The average molecular weight is 697 g/mol. The summed E-state index contributed by atoms with van der Waals surface area (Å²) >= 11 is 1.30. The minimum absolute atomic E-state index is 0.0385. The number of nitrogens with two attached hydrogens (primary N) is 2. The predicted molar refractivity (Wildman–Crippen MR) is 195 cm³/mol. The SMILES string of the molecule is C[C@H]1CCN(C(=O)[C@@H](CCc2ccccc2)NC(=O)OCc2ccccc2)[C@@H]1C(=O)C[C@@H](CCCN=C(N)N)C(=O)c1nc2ccccc2s1. The molecule has 2 heterocycles. The summed E-state index contributed by atoms with van der Waals surface area (Å²) < 4.78 is 6.36. The molecule has 0 spiro atoms. The van der Waals surface area contributed by atoms with Crippen molar-refractivity contribution in [1.29, 1.82) is 0 Å². The number of rotatable bonds is 16. The van der Waals surface area contributed by atoms with E-state index in [1.807, 2.05) is 91.9 Å². The Bertz CT molecular complexity index is 1760. The van der Waals surface area contributed by atoms with Crippen LogP contribution in [-0.4, -0.2) is 64.6 Å². The van der Waals surface area contributed by atoms with Crippen LogP contribution in [0.1, 0.15) is 60.0 Å². The second-order valence-corrected chi connectivity index (χ2v) is 13.7. The van der Waals surface area contributed by atoms with Gasteiger partial charge in [-0.15, -0.1) is 11.3 Å². The third-order valence-corrected chi connectivity index (χ3v) is 10.1. The van der Waals surface area contributed by atoms with Gasteiger partial charge in [0.15, 0.2) is 22.5 Å². The second kappa shape index (κ2) is 17.5. The lowest BCUT2D eigenvalue weighted by atomic mass is 9.87. The molecule has 5 rings (SSSR count). The van der Waals surface area contributed by atoms with E-state index in [2.05, 4.69) is 15.3 Å². The van der Waals surface area contributed by atoms with Crippen molar-refractivity contribution in [2.24, 2.45) is 28.3 Å². The number of likely N-dealkylation sites (tertiary alicyclic amines) is 1. The third kappa shape index (κ3) is 9.75. The highest BCUT2D eigenvalue weighted by molar-refractivity contribution is 7.20. The smallest absolute Gasteiger partial charge is 0.408 e. The first kappa shape index (κ1) is 36.2. The van der Waals surface area contributed by atoms with Crippen molar-refractivity contribution in [3.8, 4) is 0 Å². The van der Waals surface area contributed by atoms with E-state index in [0.29, 0.717) is 50.2 Å². The van der Waals surface area contributed by atoms with Crippen LogP contribution in [0.4, 0.5) is 4.79 Å². The lowest BCUT2D eigenvalue weighted by Crippen LogP contribution is -2.53. The van der Waals surface area contributed by atoms with Gasteiger partial charge in [0.1, 0.15) is 12.6 Å². The molecule has 11 nitrogen and oxygen atoms in total. The zero-order valence-corrected chi connectivity index (χ0v) is 29.0. The molecule has 1 aromatic heterocycles. The molecule has 1 fully saturated rings. The topological polar surface area (TPSA) is 170 Å². The first-order valence-electron chi connectivity index (χ1n) is 17.0. The van der Waals surface area contributed by atoms with Crippen molar-refractivity contribution in [1.82, 2.24) is 15.2 Å². The van der Waals surface area contributed by atoms with Crippen molar-refractivity contribution >= 4 is 51.1 Å². The highest BCUT2D eigenvalue weighted by Crippen LogP contribution is 2.31. The number of carbonyl (C=O) groups is 4. The van der Waals surface area contributed by atoms with Gasteiger partial charge in [-0.2, -0.15) is 0 Å². The number of para-hydroxylation sites is 1. The first-order valence-corrected chi connectivity index (χ1v) is 17.8. The molecule has 4 atom stereocenters. The molecular weight excluding hydrogens is 653 g/mol. The van der Waals surface area contributed by atoms with Crippen LogP contribution in [0.25, 0.3) is 10.2 Å². The standard InChI is InChI=1S/C38H44N6O5S/c1-25-20-22-44(36(47)30(19-18-26-11-4-2-5-12-26)43-38(48)49-24-27-13-6-3-7-14-27)33(25)31(45)23-28(15-10-21-41-37(39)40)34(46)35-42-29-16-8-9-17-32(29)50-35/h2-9,11-14,16-17,25,28,30,33H,10,15,18-24H2,1H3,(H,43,48)(H4,39,40,41)/t25-,28+,30+,33-/m0/s1. The molecule has 1 saturated heterocycles. The molecule has 4 aromatic rings. The number of amides is 2. The summed E-state index contributed by atoms with van der Waals surface area (Å²) in [5.41, 5.74) is 13.6. The maximum Gasteiger partial charge on any atom is 0.408 e. The molecule has 12 heteroatoms. The highest BCUT2D eigenvalue weighted by Gasteiger charge is 2.42. The van der Waals surface area contributed by atoms with E-state index in [4.69, 9.17) is 16.2 Å². The Hall–Kier alpha value is -5.10. The zero-order chi connectivity index (χ0) is 35.5. The number of ketones is 2. The van der Waals surface area contributed by atoms with Gasteiger partial charge in [0.2, 0.25) is 5.91 Å². The number of aryl methyl sites for hydroxylation is 1. The fraction of sp³-hybridized carbons (Fsp3) is 0.368. The largest absolute Gasteiger partial charge is 0.445 e. The van der Waals surface area contributed by atoms with Crippen molar-refractivity contribution in [2.75, 3.05) is 13.1 Å². The maximum absolute atomic E-state index is 14.2. The number of hydrogen-bond acceptors (Lipinski definition) is 8. The second-order valence-electron chi connectivity index (χ2n) is 12.7. The van der Waals surface area contributed by atoms with Crippen LogP contribution in [0.3, 0.4) is 0 Å². The van der Waals surface area contributed by atoms with Gasteiger partial charge >= 0.3 is 6.09 Å². The number of guanidine groups is 1. The normalized spacial score (nSPS) is 16.8. The number of thiazole rings is 1. The molecule has 5 N–H and O–H groups in total. The van der Waals surface area contributed by atoms with Gasteiger partial charge in [-0.25, -0.2) is 9.78 Å². The molecule has 1 aliphatic rings. The van der Waals surface area contributed by atoms with Gasteiger partial charge in [-0.05, 0) is 61.3 Å². The summed E-state index contributed by atoms with van der Waals surface area (Å²) in [6, 6.07) is 24.9. The summed E-state index contributed by atoms with van der Waals surface area (Å²) in [5.74, 6) is -1.59. The Kier molecular flexibility index (Phi) is 12.7. The number of nitrogens with zero attached hydrogens (tertiary/aromatic N) is 3. The molecule has 262 valence electrons. The van der Waals surface area contributed by atoms with Crippen LogP contribution in [0.15, 0.2) is 89.9 Å². The lowest BCUT2D eigenvalue weighted by Gasteiger charge is -2.30. The van der Waals surface area contributed by atoms with E-state index < -0.39 is 24.1 Å². The molecule has 0 unspecified atom stereocenters. The van der Waals surface area contributed by atoms with E-state index in [0.717, 1.165) is 21.3 Å². The van der Waals surface area contributed by atoms with Crippen molar-refractivity contribution in [3.63, 3.8) is 0 Å². The van der Waals surface area contributed by atoms with Gasteiger partial charge in [0.05, 0.1) is 16.3 Å². The Labute approximate surface area is 296 Å². The molecular formula is C38H44N6O5S. The third-order valence-electron chi connectivity index (χ3n) is 9.01. The molecule has 0 bridgehead atoms. The maximum atomic E-state index is 14.2.